The molecule has 112 valence electrons. The van der Waals surface area contributed by atoms with Crippen molar-refractivity contribution in [1.29, 1.82) is 0 Å². The van der Waals surface area contributed by atoms with Gasteiger partial charge in [0.1, 0.15) is 11.5 Å². The Kier molecular flexibility index (Phi) is 5.06. The molecule has 6 heteroatoms. The van der Waals surface area contributed by atoms with Gasteiger partial charge in [-0.1, -0.05) is 27.5 Å². The van der Waals surface area contributed by atoms with E-state index in [2.05, 4.69) is 15.9 Å². The number of methoxy groups -OCH3 is 2. The second-order valence-corrected chi connectivity index (χ2v) is 5.58. The second-order valence-electron chi connectivity index (χ2n) is 4.26. The van der Waals surface area contributed by atoms with Crippen LogP contribution in [-0.4, -0.2) is 14.2 Å². The van der Waals surface area contributed by atoms with E-state index < -0.39 is 16.5 Å². The summed E-state index contributed by atoms with van der Waals surface area (Å²) in [5.74, 6) is -0.741. The number of hydrogen-bond donors (Lipinski definition) is 0. The van der Waals surface area contributed by atoms with Crippen molar-refractivity contribution in [3.05, 3.63) is 58.1 Å². The van der Waals surface area contributed by atoms with E-state index in [1.54, 1.807) is 25.3 Å². The molecule has 21 heavy (non-hydrogen) atoms. The average Bonchev–Trinajstić information content (AvgIpc) is 2.49. The van der Waals surface area contributed by atoms with Crippen molar-refractivity contribution in [3.8, 4) is 11.5 Å². The minimum atomic E-state index is -0.985. The number of benzene rings is 2. The van der Waals surface area contributed by atoms with Gasteiger partial charge < -0.3 is 9.47 Å². The Morgan fingerprint density at radius 3 is 2.29 bits per heavy atom. The van der Waals surface area contributed by atoms with E-state index in [0.717, 1.165) is 12.1 Å². The van der Waals surface area contributed by atoms with Gasteiger partial charge in [0.15, 0.2) is 11.6 Å². The zero-order valence-electron chi connectivity index (χ0n) is 11.3. The predicted molar refractivity (Wildman–Crippen MR) is 81.7 cm³/mol. The average molecular weight is 378 g/mol. The molecule has 0 radical (unpaired) electrons. The molecule has 2 aromatic rings. The first-order chi connectivity index (χ1) is 9.97. The summed E-state index contributed by atoms with van der Waals surface area (Å²) in [6, 6.07) is 7.24. The Morgan fingerprint density at radius 1 is 1.00 bits per heavy atom. The second kappa shape index (κ2) is 6.62. The van der Waals surface area contributed by atoms with Crippen molar-refractivity contribution in [1.82, 2.24) is 0 Å². The van der Waals surface area contributed by atoms with Gasteiger partial charge in [0.2, 0.25) is 0 Å². The monoisotopic (exact) mass is 376 g/mol. The molecule has 0 heterocycles. The fourth-order valence-corrected chi connectivity index (χ4v) is 3.07. The molecule has 0 aliphatic rings. The van der Waals surface area contributed by atoms with Crippen LogP contribution in [0.3, 0.4) is 0 Å². The summed E-state index contributed by atoms with van der Waals surface area (Å²) in [7, 11) is 3.07. The largest absolute Gasteiger partial charge is 0.497 e. The molecule has 0 bridgehead atoms. The molecule has 0 aliphatic carbocycles. The Balaban J connectivity index is 2.53. The van der Waals surface area contributed by atoms with Crippen molar-refractivity contribution >= 4 is 27.5 Å². The van der Waals surface area contributed by atoms with Gasteiger partial charge >= 0.3 is 0 Å². The highest BCUT2D eigenvalue weighted by atomic mass is 79.9. The third kappa shape index (κ3) is 3.30. The Bertz CT molecular complexity index is 664. The number of ether oxygens (including phenoxy) is 2. The molecule has 2 rings (SSSR count). The summed E-state index contributed by atoms with van der Waals surface area (Å²) in [4.78, 5) is -0.467. The van der Waals surface area contributed by atoms with Crippen LogP contribution in [0, 0.1) is 11.6 Å². The maximum Gasteiger partial charge on any atom is 0.160 e. The van der Waals surface area contributed by atoms with Crippen LogP contribution in [0.5, 0.6) is 11.5 Å². The molecule has 0 amide bonds. The minimum Gasteiger partial charge on any atom is -0.497 e. The summed E-state index contributed by atoms with van der Waals surface area (Å²) in [6.07, 6.45) is 0. The van der Waals surface area contributed by atoms with Crippen molar-refractivity contribution in [2.45, 2.75) is 4.83 Å². The van der Waals surface area contributed by atoms with E-state index in [-0.39, 0.29) is 5.02 Å². The minimum absolute atomic E-state index is 0.126. The van der Waals surface area contributed by atoms with Gasteiger partial charge in [-0.3, -0.25) is 0 Å². The summed E-state index contributed by atoms with van der Waals surface area (Å²) in [6.45, 7) is 0. The zero-order chi connectivity index (χ0) is 15.6. The third-order valence-electron chi connectivity index (χ3n) is 3.02. The lowest BCUT2D eigenvalue weighted by Crippen LogP contribution is -2.00. The maximum absolute atomic E-state index is 13.5. The fraction of sp³-hybridized carbons (Fsp3) is 0.200. The number of rotatable bonds is 4. The highest BCUT2D eigenvalue weighted by Crippen LogP contribution is 2.41. The highest BCUT2D eigenvalue weighted by molar-refractivity contribution is 9.09. The molecule has 0 aromatic heterocycles. The van der Waals surface area contributed by atoms with Crippen molar-refractivity contribution in [2.75, 3.05) is 14.2 Å². The molecule has 0 saturated heterocycles. The van der Waals surface area contributed by atoms with Gasteiger partial charge in [0.25, 0.3) is 0 Å². The molecule has 0 saturated carbocycles. The standard InChI is InChI=1S/C15H12BrClF2O2/c1-20-8-3-4-14(21-2)10(5-8)15(16)9-6-12(18)13(19)7-11(9)17/h3-7,15H,1-2H3. The van der Waals surface area contributed by atoms with Crippen LogP contribution in [0.2, 0.25) is 5.02 Å². The van der Waals surface area contributed by atoms with Crippen LogP contribution in [0.25, 0.3) is 0 Å². The molecule has 0 N–H and O–H groups in total. The van der Waals surface area contributed by atoms with Crippen LogP contribution in [0.4, 0.5) is 8.78 Å². The maximum atomic E-state index is 13.5. The van der Waals surface area contributed by atoms with E-state index in [9.17, 15) is 8.78 Å². The van der Waals surface area contributed by atoms with Gasteiger partial charge in [-0.2, -0.15) is 0 Å². The van der Waals surface area contributed by atoms with Crippen LogP contribution in [-0.2, 0) is 0 Å². The Labute approximate surface area is 134 Å². The van der Waals surface area contributed by atoms with Gasteiger partial charge in [0.05, 0.1) is 19.0 Å². The molecule has 1 atom stereocenters. The third-order valence-corrected chi connectivity index (χ3v) is 4.34. The first-order valence-corrected chi connectivity index (χ1v) is 7.27. The van der Waals surface area contributed by atoms with E-state index >= 15 is 0 Å². The lowest BCUT2D eigenvalue weighted by atomic mass is 10.0. The van der Waals surface area contributed by atoms with Gasteiger partial charge in [-0.15, -0.1) is 0 Å². The predicted octanol–water partition coefficient (Wildman–Crippen LogP) is 5.12. The number of hydrogen-bond acceptors (Lipinski definition) is 2. The number of halogens is 4. The molecule has 0 aliphatic heterocycles. The van der Waals surface area contributed by atoms with Crippen LogP contribution in [0.1, 0.15) is 16.0 Å². The van der Waals surface area contributed by atoms with Crippen molar-refractivity contribution in [2.24, 2.45) is 0 Å². The lowest BCUT2D eigenvalue weighted by Gasteiger charge is -2.17. The highest BCUT2D eigenvalue weighted by Gasteiger charge is 2.21. The number of alkyl halides is 1. The molecule has 2 nitrogen and oxygen atoms in total. The van der Waals surface area contributed by atoms with Crippen molar-refractivity contribution in [3.63, 3.8) is 0 Å². The topological polar surface area (TPSA) is 18.5 Å². The molecule has 0 spiro atoms. The molecule has 0 fully saturated rings. The summed E-state index contributed by atoms with van der Waals surface area (Å²) in [5, 5.41) is 0.126. The smallest absolute Gasteiger partial charge is 0.160 e. The summed E-state index contributed by atoms with van der Waals surface area (Å²) in [5.41, 5.74) is 1.10. The summed E-state index contributed by atoms with van der Waals surface area (Å²) >= 11 is 9.46. The first kappa shape index (κ1) is 16.0. The first-order valence-electron chi connectivity index (χ1n) is 5.98. The van der Waals surface area contributed by atoms with Crippen molar-refractivity contribution < 1.29 is 18.3 Å². The van der Waals surface area contributed by atoms with Gasteiger partial charge in [-0.25, -0.2) is 8.78 Å². The lowest BCUT2D eigenvalue weighted by molar-refractivity contribution is 0.399. The quantitative estimate of drug-likeness (QED) is 0.544. The summed E-state index contributed by atoms with van der Waals surface area (Å²) < 4.78 is 37.1. The zero-order valence-corrected chi connectivity index (χ0v) is 13.6. The van der Waals surface area contributed by atoms with E-state index in [1.165, 1.54) is 7.11 Å². The fourth-order valence-electron chi connectivity index (χ4n) is 1.94. The normalized spacial score (nSPS) is 12.1. The molecule has 2 aromatic carbocycles. The van der Waals surface area contributed by atoms with Crippen LogP contribution in [0.15, 0.2) is 30.3 Å². The van der Waals surface area contributed by atoms with Crippen LogP contribution >= 0.6 is 27.5 Å². The SMILES string of the molecule is COc1ccc(OC)c(C(Br)c2cc(F)c(F)cc2Cl)c1. The molecular weight excluding hydrogens is 366 g/mol. The van der Waals surface area contributed by atoms with Gasteiger partial charge in [-0.05, 0) is 35.9 Å². The molecule has 1 unspecified atom stereocenters. The van der Waals surface area contributed by atoms with E-state index in [4.69, 9.17) is 21.1 Å². The van der Waals surface area contributed by atoms with E-state index in [1.807, 2.05) is 0 Å². The Hall–Kier alpha value is -1.33. The van der Waals surface area contributed by atoms with E-state index in [0.29, 0.717) is 22.6 Å². The Morgan fingerprint density at radius 2 is 1.67 bits per heavy atom. The van der Waals surface area contributed by atoms with Gasteiger partial charge in [0, 0.05) is 10.6 Å². The van der Waals surface area contributed by atoms with Crippen LogP contribution < -0.4 is 9.47 Å². The molecular formula is C15H12BrClF2O2.